The van der Waals surface area contributed by atoms with Crippen LogP contribution >= 0.6 is 0 Å². The molecule has 5 heteroatoms. The van der Waals surface area contributed by atoms with E-state index in [-0.39, 0.29) is 5.69 Å². The number of imidazole rings is 1. The Hall–Kier alpha value is -2.21. The van der Waals surface area contributed by atoms with Gasteiger partial charge in [-0.15, -0.1) is 0 Å². The molecule has 0 aliphatic heterocycles. The van der Waals surface area contributed by atoms with E-state index in [0.29, 0.717) is 0 Å². The molecule has 0 bridgehead atoms. The summed E-state index contributed by atoms with van der Waals surface area (Å²) in [5, 5.41) is 18.7. The third-order valence-electron chi connectivity index (χ3n) is 2.79. The van der Waals surface area contributed by atoms with Crippen molar-refractivity contribution in [2.45, 2.75) is 0 Å². The fourth-order valence-corrected chi connectivity index (χ4v) is 1.86. The van der Waals surface area contributed by atoms with Crippen LogP contribution in [0.25, 0.3) is 16.9 Å². The Balaban J connectivity index is 2.03. The Labute approximate surface area is 103 Å². The van der Waals surface area contributed by atoms with Gasteiger partial charge in [0.2, 0.25) is 0 Å². The third-order valence-corrected chi connectivity index (χ3v) is 2.79. The van der Waals surface area contributed by atoms with Gasteiger partial charge in [0.1, 0.15) is 5.65 Å². The van der Waals surface area contributed by atoms with Crippen molar-refractivity contribution in [2.24, 2.45) is 0 Å². The minimum absolute atomic E-state index is 0.280. The highest BCUT2D eigenvalue weighted by molar-refractivity contribution is 5.63. The van der Waals surface area contributed by atoms with Gasteiger partial charge in [0.05, 0.1) is 5.69 Å². The van der Waals surface area contributed by atoms with E-state index in [1.807, 2.05) is 35.0 Å². The number of aromatic nitrogens is 2. The number of nitrogens with zero attached hydrogens (tertiary/aromatic N) is 2. The maximum absolute atomic E-state index is 10.8. The van der Waals surface area contributed by atoms with E-state index in [9.17, 15) is 5.21 Å². The third kappa shape index (κ3) is 1.86. The highest BCUT2D eigenvalue weighted by atomic mass is 16.8. The van der Waals surface area contributed by atoms with Crippen molar-refractivity contribution >= 4 is 11.3 Å². The first kappa shape index (κ1) is 10.9. The van der Waals surface area contributed by atoms with E-state index < -0.39 is 5.23 Å². The van der Waals surface area contributed by atoms with Crippen LogP contribution in [0.3, 0.4) is 0 Å². The zero-order chi connectivity index (χ0) is 12.5. The van der Waals surface area contributed by atoms with Crippen LogP contribution in [0.2, 0.25) is 0 Å². The minimum Gasteiger partial charge on any atom is -0.595 e. The summed E-state index contributed by atoms with van der Waals surface area (Å²) in [6, 6.07) is 12.5. The van der Waals surface area contributed by atoms with Gasteiger partial charge in [0, 0.05) is 30.1 Å². The Bertz CT molecular complexity index is 641. The normalized spacial score (nSPS) is 12.8. The Kier molecular flexibility index (Phi) is 2.56. The zero-order valence-corrected chi connectivity index (χ0v) is 9.45. The largest absolute Gasteiger partial charge is 0.595 e. The molecule has 1 aromatic carbocycles. The summed E-state index contributed by atoms with van der Waals surface area (Å²) < 4.78 is 1.93. The summed E-state index contributed by atoms with van der Waals surface area (Å²) in [4.78, 5) is 4.47. The molecular formula is C13H11N3O2. The zero-order valence-electron chi connectivity index (χ0n) is 9.45. The summed E-state index contributed by atoms with van der Waals surface area (Å²) >= 11 is 0. The number of hydrogen-bond donors (Lipinski definition) is 2. The van der Waals surface area contributed by atoms with Gasteiger partial charge in [-0.1, -0.05) is 6.07 Å². The average molecular weight is 241 g/mol. The highest BCUT2D eigenvalue weighted by Gasteiger charge is 2.05. The second-order valence-corrected chi connectivity index (χ2v) is 3.97. The lowest BCUT2D eigenvalue weighted by Crippen LogP contribution is -2.99. The van der Waals surface area contributed by atoms with Crippen LogP contribution < -0.4 is 5.23 Å². The van der Waals surface area contributed by atoms with Crippen LogP contribution in [0.15, 0.2) is 54.9 Å². The van der Waals surface area contributed by atoms with Gasteiger partial charge in [-0.3, -0.25) is 0 Å². The molecule has 0 fully saturated rings. The molecule has 0 saturated carbocycles. The van der Waals surface area contributed by atoms with Gasteiger partial charge >= 0.3 is 0 Å². The molecule has 2 N–H and O–H groups in total. The van der Waals surface area contributed by atoms with Crippen molar-refractivity contribution in [3.63, 3.8) is 0 Å². The number of rotatable bonds is 2. The molecule has 3 aromatic rings. The van der Waals surface area contributed by atoms with Crippen molar-refractivity contribution in [3.8, 4) is 11.3 Å². The van der Waals surface area contributed by atoms with Crippen molar-refractivity contribution in [2.75, 3.05) is 0 Å². The van der Waals surface area contributed by atoms with Crippen molar-refractivity contribution in [1.29, 1.82) is 0 Å². The minimum atomic E-state index is -0.920. The molecule has 1 atom stereocenters. The summed E-state index contributed by atoms with van der Waals surface area (Å²) in [5.74, 6) is 0. The molecule has 2 heterocycles. The van der Waals surface area contributed by atoms with E-state index in [1.54, 1.807) is 24.3 Å². The monoisotopic (exact) mass is 241 g/mol. The summed E-state index contributed by atoms with van der Waals surface area (Å²) in [7, 11) is 0. The number of benzene rings is 1. The summed E-state index contributed by atoms with van der Waals surface area (Å²) in [6.07, 6.45) is 3.85. The molecule has 18 heavy (non-hydrogen) atoms. The van der Waals surface area contributed by atoms with E-state index in [0.717, 1.165) is 16.9 Å². The van der Waals surface area contributed by atoms with Gasteiger partial charge in [0.25, 0.3) is 0 Å². The predicted molar refractivity (Wildman–Crippen MR) is 66.4 cm³/mol. The maximum atomic E-state index is 10.8. The number of hydrogen-bond acceptors (Lipinski definition) is 3. The van der Waals surface area contributed by atoms with Crippen LogP contribution in [-0.2, 0) is 0 Å². The molecule has 0 radical (unpaired) electrons. The summed E-state index contributed by atoms with van der Waals surface area (Å²) in [5.41, 5.74) is 2.89. The van der Waals surface area contributed by atoms with Crippen molar-refractivity contribution < 1.29 is 10.4 Å². The quantitative estimate of drug-likeness (QED) is 0.667. The molecule has 3 rings (SSSR count). The molecule has 1 unspecified atom stereocenters. The SMILES string of the molecule is [O-][NH+](O)c1ccc(-c2cn3ccccc3n2)cc1. The van der Waals surface area contributed by atoms with E-state index in [1.165, 1.54) is 0 Å². The predicted octanol–water partition coefficient (Wildman–Crippen LogP) is 1.40. The van der Waals surface area contributed by atoms with Crippen molar-refractivity contribution in [1.82, 2.24) is 9.38 Å². The van der Waals surface area contributed by atoms with Gasteiger partial charge in [-0.25, -0.2) is 10.2 Å². The second-order valence-electron chi connectivity index (χ2n) is 3.97. The molecule has 0 amide bonds. The van der Waals surface area contributed by atoms with Crippen molar-refractivity contribution in [3.05, 3.63) is 60.1 Å². The number of fused-ring (bicyclic) bond motifs is 1. The molecule has 2 aromatic heterocycles. The lowest BCUT2D eigenvalue weighted by molar-refractivity contribution is -0.991. The molecule has 5 nitrogen and oxygen atoms in total. The van der Waals surface area contributed by atoms with E-state index in [2.05, 4.69) is 4.98 Å². The second kappa shape index (κ2) is 4.23. The van der Waals surface area contributed by atoms with Crippen LogP contribution in [-0.4, -0.2) is 14.6 Å². The number of quaternary nitrogens is 1. The van der Waals surface area contributed by atoms with E-state index in [4.69, 9.17) is 5.21 Å². The fraction of sp³-hybridized carbons (Fsp3) is 0. The van der Waals surface area contributed by atoms with E-state index >= 15 is 0 Å². The average Bonchev–Trinajstić information content (AvgIpc) is 2.82. The Morgan fingerprint density at radius 2 is 1.89 bits per heavy atom. The van der Waals surface area contributed by atoms with Gasteiger partial charge in [-0.2, -0.15) is 5.23 Å². The van der Waals surface area contributed by atoms with Gasteiger partial charge in [-0.05, 0) is 24.3 Å². The standard InChI is InChI=1S/C13H11N3O2/c17-16(18)11-6-4-10(5-7-11)12-9-15-8-2-1-3-13(15)14-12/h1-9,16-17H. The smallest absolute Gasteiger partial charge is 0.163 e. The van der Waals surface area contributed by atoms with Crippen LogP contribution in [0.1, 0.15) is 0 Å². The lowest BCUT2D eigenvalue weighted by Gasteiger charge is -2.10. The van der Waals surface area contributed by atoms with Gasteiger partial charge < -0.3 is 9.61 Å². The Morgan fingerprint density at radius 3 is 2.56 bits per heavy atom. The van der Waals surface area contributed by atoms with Crippen LogP contribution in [0, 0.1) is 5.21 Å². The first-order valence-electron chi connectivity index (χ1n) is 5.51. The molecule has 0 aliphatic rings. The molecule has 0 spiro atoms. The topological polar surface area (TPSA) is 65.0 Å². The summed E-state index contributed by atoms with van der Waals surface area (Å²) in [6.45, 7) is 0. The molecule has 0 saturated heterocycles. The maximum Gasteiger partial charge on any atom is 0.163 e. The number of pyridine rings is 1. The van der Waals surface area contributed by atoms with Crippen LogP contribution in [0.4, 0.5) is 5.69 Å². The molecule has 90 valence electrons. The first-order chi connectivity index (χ1) is 8.74. The highest BCUT2D eigenvalue weighted by Crippen LogP contribution is 2.19. The van der Waals surface area contributed by atoms with Gasteiger partial charge in [0.15, 0.2) is 5.69 Å². The fourth-order valence-electron chi connectivity index (χ4n) is 1.86. The molecule has 0 aliphatic carbocycles. The molecular weight excluding hydrogens is 230 g/mol. The Morgan fingerprint density at radius 1 is 1.11 bits per heavy atom. The lowest BCUT2D eigenvalue weighted by atomic mass is 10.1. The van der Waals surface area contributed by atoms with Crippen LogP contribution in [0.5, 0.6) is 0 Å². The number of nitrogens with one attached hydrogen (secondary N) is 1. The first-order valence-corrected chi connectivity index (χ1v) is 5.51.